The zero-order valence-corrected chi connectivity index (χ0v) is 19.4. The van der Waals surface area contributed by atoms with Gasteiger partial charge in [-0.25, -0.2) is 14.5 Å². The van der Waals surface area contributed by atoms with E-state index in [1.165, 1.54) is 11.3 Å². The van der Waals surface area contributed by atoms with Crippen molar-refractivity contribution >= 4 is 23.3 Å². The maximum atomic E-state index is 13.0. The number of aryl methyl sites for hydroxylation is 1. The van der Waals surface area contributed by atoms with E-state index in [9.17, 15) is 9.59 Å². The van der Waals surface area contributed by atoms with E-state index in [1.54, 1.807) is 11.8 Å². The lowest BCUT2D eigenvalue weighted by atomic mass is 10.1. The normalized spacial score (nSPS) is 14.0. The summed E-state index contributed by atoms with van der Waals surface area (Å²) in [6.45, 7) is 8.05. The van der Waals surface area contributed by atoms with Gasteiger partial charge < -0.3 is 14.5 Å². The number of carbonyl (C=O) groups excluding carboxylic acids is 2. The Balaban J connectivity index is 1.44. The number of piperazine rings is 1. The molecule has 32 heavy (non-hydrogen) atoms. The maximum Gasteiger partial charge on any atom is 0.409 e. The van der Waals surface area contributed by atoms with Crippen LogP contribution in [0.1, 0.15) is 23.9 Å². The van der Waals surface area contributed by atoms with Crippen molar-refractivity contribution in [2.24, 2.45) is 0 Å². The third-order valence-corrected chi connectivity index (χ3v) is 6.49. The highest BCUT2D eigenvalue weighted by atomic mass is 32.1. The Hall–Kier alpha value is -3.20. The van der Waals surface area contributed by atoms with Crippen LogP contribution in [0, 0.1) is 13.8 Å². The first-order valence-electron chi connectivity index (χ1n) is 10.7. The van der Waals surface area contributed by atoms with Crippen LogP contribution in [-0.2, 0) is 16.0 Å². The number of carbonyl (C=O) groups is 2. The van der Waals surface area contributed by atoms with Crippen molar-refractivity contribution in [3.63, 3.8) is 0 Å². The molecule has 0 radical (unpaired) electrons. The van der Waals surface area contributed by atoms with Crippen LogP contribution >= 0.6 is 11.3 Å². The second-order valence-electron chi connectivity index (χ2n) is 7.69. The molecule has 2 amide bonds. The van der Waals surface area contributed by atoms with Gasteiger partial charge in [0.2, 0.25) is 11.0 Å². The smallest absolute Gasteiger partial charge is 0.409 e. The monoisotopic (exact) mass is 453 g/mol. The van der Waals surface area contributed by atoms with Crippen molar-refractivity contribution in [2.45, 2.75) is 27.2 Å². The Bertz CT molecular complexity index is 1100. The molecule has 0 N–H and O–H groups in total. The molecular weight excluding hydrogens is 426 g/mol. The number of nitrogens with zero attached hydrogens (tertiary/aromatic N) is 5. The van der Waals surface area contributed by atoms with Crippen LogP contribution in [0.2, 0.25) is 0 Å². The van der Waals surface area contributed by atoms with Gasteiger partial charge >= 0.3 is 6.09 Å². The minimum atomic E-state index is -0.314. The van der Waals surface area contributed by atoms with Crippen LogP contribution in [0.4, 0.5) is 4.79 Å². The first-order chi connectivity index (χ1) is 15.5. The Kier molecular flexibility index (Phi) is 6.55. The van der Waals surface area contributed by atoms with Crippen molar-refractivity contribution in [1.29, 1.82) is 0 Å². The van der Waals surface area contributed by atoms with E-state index < -0.39 is 0 Å². The van der Waals surface area contributed by atoms with E-state index in [4.69, 9.17) is 9.72 Å². The molecular formula is C23H27N5O3S. The number of amides is 2. The highest BCUT2D eigenvalue weighted by molar-refractivity contribution is 7.12. The zero-order valence-electron chi connectivity index (χ0n) is 18.6. The van der Waals surface area contributed by atoms with Crippen molar-refractivity contribution in [3.05, 3.63) is 52.7 Å². The van der Waals surface area contributed by atoms with Crippen LogP contribution < -0.4 is 0 Å². The number of rotatable bonds is 5. The summed E-state index contributed by atoms with van der Waals surface area (Å²) in [5.74, 6) is 0.0448. The number of ether oxygens (including phenoxy) is 1. The fraction of sp³-hybridized carbons (Fsp3) is 0.391. The molecule has 0 aliphatic carbocycles. The standard InChI is InChI=1S/C23H27N5O3S/c1-4-31-23(30)27-12-10-26(11-13-27)21(29)14-19-16(2)25-28(17(19)3)22-24-20(15-32-22)18-8-6-5-7-9-18/h5-9,15H,4,10-14H2,1-3H3. The van der Waals surface area contributed by atoms with Crippen LogP contribution in [0.25, 0.3) is 16.4 Å². The third kappa shape index (κ3) is 4.52. The average molecular weight is 454 g/mol. The summed E-state index contributed by atoms with van der Waals surface area (Å²) in [5.41, 5.74) is 4.66. The van der Waals surface area contributed by atoms with Crippen LogP contribution in [0.3, 0.4) is 0 Å². The molecule has 1 aliphatic heterocycles. The summed E-state index contributed by atoms with van der Waals surface area (Å²) in [6.07, 6.45) is -0.0283. The van der Waals surface area contributed by atoms with Gasteiger partial charge in [-0.05, 0) is 20.8 Å². The van der Waals surface area contributed by atoms with E-state index in [-0.39, 0.29) is 18.4 Å². The quantitative estimate of drug-likeness (QED) is 0.591. The molecule has 0 bridgehead atoms. The molecule has 1 saturated heterocycles. The lowest BCUT2D eigenvalue weighted by Crippen LogP contribution is -2.51. The van der Waals surface area contributed by atoms with Gasteiger partial charge in [0.05, 0.1) is 24.4 Å². The van der Waals surface area contributed by atoms with Crippen molar-refractivity contribution in [3.8, 4) is 16.4 Å². The van der Waals surface area contributed by atoms with Gasteiger partial charge in [0.1, 0.15) is 0 Å². The molecule has 1 aromatic carbocycles. The molecule has 1 fully saturated rings. The summed E-state index contributed by atoms with van der Waals surface area (Å²) in [6, 6.07) is 10.0. The number of benzene rings is 1. The Morgan fingerprint density at radius 3 is 2.44 bits per heavy atom. The van der Waals surface area contributed by atoms with E-state index in [1.807, 2.05) is 59.1 Å². The largest absolute Gasteiger partial charge is 0.450 e. The predicted molar refractivity (Wildman–Crippen MR) is 123 cm³/mol. The summed E-state index contributed by atoms with van der Waals surface area (Å²) < 4.78 is 6.87. The number of hydrogen-bond donors (Lipinski definition) is 0. The predicted octanol–water partition coefficient (Wildman–Crippen LogP) is 3.46. The van der Waals surface area contributed by atoms with Gasteiger partial charge in [0, 0.05) is 48.4 Å². The minimum absolute atomic E-state index is 0.0448. The topological polar surface area (TPSA) is 80.6 Å². The molecule has 0 unspecified atom stereocenters. The molecule has 3 heterocycles. The molecule has 168 valence electrons. The summed E-state index contributed by atoms with van der Waals surface area (Å²) >= 11 is 1.53. The summed E-state index contributed by atoms with van der Waals surface area (Å²) in [7, 11) is 0. The number of aromatic nitrogens is 3. The second kappa shape index (κ2) is 9.52. The van der Waals surface area contributed by atoms with Crippen LogP contribution in [-0.4, -0.2) is 69.4 Å². The minimum Gasteiger partial charge on any atom is -0.450 e. The maximum absolute atomic E-state index is 13.0. The first-order valence-corrected chi connectivity index (χ1v) is 11.6. The van der Waals surface area contributed by atoms with Gasteiger partial charge in [0.25, 0.3) is 0 Å². The fourth-order valence-electron chi connectivity index (χ4n) is 3.84. The van der Waals surface area contributed by atoms with Gasteiger partial charge in [-0.1, -0.05) is 30.3 Å². The van der Waals surface area contributed by atoms with E-state index in [2.05, 4.69) is 5.10 Å². The molecule has 9 heteroatoms. The SMILES string of the molecule is CCOC(=O)N1CCN(C(=O)Cc2c(C)nn(-c3nc(-c4ccccc4)cs3)c2C)CC1. The summed E-state index contributed by atoms with van der Waals surface area (Å²) in [4.78, 5) is 33.0. The lowest BCUT2D eigenvalue weighted by molar-refractivity contribution is -0.132. The Labute approximate surface area is 191 Å². The van der Waals surface area contributed by atoms with Crippen LogP contribution in [0.15, 0.2) is 35.7 Å². The van der Waals surface area contributed by atoms with Gasteiger partial charge in [-0.15, -0.1) is 11.3 Å². The zero-order chi connectivity index (χ0) is 22.7. The van der Waals surface area contributed by atoms with E-state index >= 15 is 0 Å². The van der Waals surface area contributed by atoms with Crippen molar-refractivity contribution in [2.75, 3.05) is 32.8 Å². The average Bonchev–Trinajstić information content (AvgIpc) is 3.40. The Morgan fingerprint density at radius 1 is 1.06 bits per heavy atom. The lowest BCUT2D eigenvalue weighted by Gasteiger charge is -2.34. The number of hydrogen-bond acceptors (Lipinski definition) is 6. The molecule has 0 saturated carbocycles. The molecule has 4 rings (SSSR count). The second-order valence-corrected chi connectivity index (χ2v) is 8.52. The van der Waals surface area contributed by atoms with Crippen molar-refractivity contribution in [1.82, 2.24) is 24.6 Å². The Morgan fingerprint density at radius 2 is 1.75 bits per heavy atom. The van der Waals surface area contributed by atoms with Gasteiger partial charge in [-0.2, -0.15) is 5.10 Å². The first kappa shape index (κ1) is 22.0. The summed E-state index contributed by atoms with van der Waals surface area (Å²) in [5, 5.41) is 7.47. The van der Waals surface area contributed by atoms with E-state index in [0.717, 1.165) is 33.3 Å². The van der Waals surface area contributed by atoms with Crippen molar-refractivity contribution < 1.29 is 14.3 Å². The fourth-order valence-corrected chi connectivity index (χ4v) is 4.67. The highest BCUT2D eigenvalue weighted by Gasteiger charge is 2.26. The molecule has 8 nitrogen and oxygen atoms in total. The van der Waals surface area contributed by atoms with Gasteiger partial charge in [-0.3, -0.25) is 4.79 Å². The highest BCUT2D eigenvalue weighted by Crippen LogP contribution is 2.26. The molecule has 0 spiro atoms. The van der Waals surface area contributed by atoms with Crippen LogP contribution in [0.5, 0.6) is 0 Å². The number of thiazole rings is 1. The molecule has 1 aliphatic rings. The molecule has 0 atom stereocenters. The molecule has 3 aromatic rings. The molecule has 2 aromatic heterocycles. The van der Waals surface area contributed by atoms with E-state index in [0.29, 0.717) is 32.8 Å². The van der Waals surface area contributed by atoms with Gasteiger partial charge in [0.15, 0.2) is 0 Å². The third-order valence-electron chi connectivity index (χ3n) is 5.67.